The van der Waals surface area contributed by atoms with E-state index in [9.17, 15) is 13.6 Å². The molecule has 7 heteroatoms. The Hall–Kier alpha value is -1.66. The number of H-pyrrole nitrogens is 1. The van der Waals surface area contributed by atoms with Crippen molar-refractivity contribution in [2.24, 2.45) is 5.92 Å². The summed E-state index contributed by atoms with van der Waals surface area (Å²) in [5.74, 6) is -2.22. The normalized spacial score (nSPS) is 21.9. The first kappa shape index (κ1) is 14.3. The van der Waals surface area contributed by atoms with E-state index in [0.29, 0.717) is 17.8 Å². The molecular weight excluding hydrogens is 300 g/mol. The maximum absolute atomic E-state index is 13.8. The van der Waals surface area contributed by atoms with Crippen molar-refractivity contribution < 1.29 is 13.6 Å². The first-order valence-corrected chi connectivity index (χ1v) is 7.03. The highest BCUT2D eigenvalue weighted by atomic mass is 35.5. The summed E-state index contributed by atoms with van der Waals surface area (Å²) in [5.41, 5.74) is 0.129. The number of amides is 1. The molecule has 21 heavy (non-hydrogen) atoms. The van der Waals surface area contributed by atoms with Crippen molar-refractivity contribution >= 4 is 28.4 Å². The van der Waals surface area contributed by atoms with Gasteiger partial charge < -0.3 is 15.6 Å². The minimum absolute atomic E-state index is 0.0223. The van der Waals surface area contributed by atoms with E-state index in [1.165, 1.54) is 12.1 Å². The lowest BCUT2D eigenvalue weighted by molar-refractivity contribution is 0.0928. The molecule has 1 aliphatic rings. The highest BCUT2D eigenvalue weighted by molar-refractivity contribution is 6.31. The molecule has 2 atom stereocenters. The predicted molar refractivity (Wildman–Crippen MR) is 76.5 cm³/mol. The van der Waals surface area contributed by atoms with E-state index in [-0.39, 0.29) is 28.2 Å². The third kappa shape index (κ3) is 2.49. The number of nitrogens with one attached hydrogen (secondary N) is 3. The number of carbonyl (C=O) groups excluding carboxylic acids is 1. The van der Waals surface area contributed by atoms with Crippen LogP contribution in [0.2, 0.25) is 5.02 Å². The molecule has 1 aromatic carbocycles. The Balaban J connectivity index is 1.90. The van der Waals surface area contributed by atoms with Gasteiger partial charge in [0.2, 0.25) is 0 Å². The fourth-order valence-corrected chi connectivity index (χ4v) is 2.75. The summed E-state index contributed by atoms with van der Waals surface area (Å²) in [4.78, 5) is 14.8. The van der Waals surface area contributed by atoms with E-state index in [0.717, 1.165) is 6.54 Å². The van der Waals surface area contributed by atoms with Gasteiger partial charge in [-0.1, -0.05) is 18.5 Å². The second kappa shape index (κ2) is 5.27. The minimum Gasteiger partial charge on any atom is -0.348 e. The third-order valence-corrected chi connectivity index (χ3v) is 4.11. The molecule has 112 valence electrons. The Morgan fingerprint density at radius 3 is 2.76 bits per heavy atom. The van der Waals surface area contributed by atoms with Crippen LogP contribution in [0, 0.1) is 17.6 Å². The van der Waals surface area contributed by atoms with Crippen LogP contribution >= 0.6 is 11.6 Å². The SMILES string of the molecule is C[C@@H]1CNC[C@@H]1NC(=O)c1cc2cc(Cl)c(F)c(F)c2[nH]1. The molecular formula is C14H14ClF2N3O. The van der Waals surface area contributed by atoms with Gasteiger partial charge >= 0.3 is 0 Å². The van der Waals surface area contributed by atoms with Gasteiger partial charge in [-0.25, -0.2) is 8.78 Å². The largest absolute Gasteiger partial charge is 0.348 e. The Kier molecular flexibility index (Phi) is 3.59. The molecule has 1 fully saturated rings. The number of aromatic amines is 1. The van der Waals surface area contributed by atoms with E-state index in [1.54, 1.807) is 0 Å². The van der Waals surface area contributed by atoms with Crippen molar-refractivity contribution in [1.29, 1.82) is 0 Å². The number of hydrogen-bond donors (Lipinski definition) is 3. The Morgan fingerprint density at radius 2 is 2.10 bits per heavy atom. The second-order valence-corrected chi connectivity index (χ2v) is 5.76. The minimum atomic E-state index is -1.12. The van der Waals surface area contributed by atoms with Crippen molar-refractivity contribution in [2.75, 3.05) is 13.1 Å². The summed E-state index contributed by atoms with van der Waals surface area (Å²) in [6, 6.07) is 2.78. The molecule has 4 nitrogen and oxygen atoms in total. The second-order valence-electron chi connectivity index (χ2n) is 5.35. The lowest BCUT2D eigenvalue weighted by Gasteiger charge is -2.15. The summed E-state index contributed by atoms with van der Waals surface area (Å²) < 4.78 is 27.2. The van der Waals surface area contributed by atoms with E-state index < -0.39 is 11.6 Å². The van der Waals surface area contributed by atoms with Crippen LogP contribution in [0.1, 0.15) is 17.4 Å². The quantitative estimate of drug-likeness (QED) is 0.746. The number of aromatic nitrogens is 1. The van der Waals surface area contributed by atoms with Crippen LogP contribution in [0.5, 0.6) is 0 Å². The zero-order chi connectivity index (χ0) is 15.1. The number of hydrogen-bond acceptors (Lipinski definition) is 2. The van der Waals surface area contributed by atoms with Gasteiger partial charge in [-0.15, -0.1) is 0 Å². The lowest BCUT2D eigenvalue weighted by Crippen LogP contribution is -2.39. The monoisotopic (exact) mass is 313 g/mol. The smallest absolute Gasteiger partial charge is 0.268 e. The molecule has 0 radical (unpaired) electrons. The highest BCUT2D eigenvalue weighted by Gasteiger charge is 2.25. The standard InChI is InChI=1S/C14H14ClF2N3O/c1-6-4-18-5-10(6)20-14(21)9-3-7-2-8(15)11(16)12(17)13(7)19-9/h2-3,6,10,18-19H,4-5H2,1H3,(H,20,21)/t6-,10+/m1/s1. The maximum atomic E-state index is 13.8. The van der Waals surface area contributed by atoms with Crippen molar-refractivity contribution in [3.05, 3.63) is 34.5 Å². The zero-order valence-corrected chi connectivity index (χ0v) is 12.0. The molecule has 0 spiro atoms. The van der Waals surface area contributed by atoms with Crippen molar-refractivity contribution in [3.63, 3.8) is 0 Å². The number of carbonyl (C=O) groups is 1. The molecule has 1 amide bonds. The molecule has 0 aliphatic carbocycles. The fourth-order valence-electron chi connectivity index (χ4n) is 2.55. The molecule has 3 N–H and O–H groups in total. The van der Waals surface area contributed by atoms with Crippen molar-refractivity contribution in [2.45, 2.75) is 13.0 Å². The topological polar surface area (TPSA) is 56.9 Å². The van der Waals surface area contributed by atoms with Gasteiger partial charge in [-0.3, -0.25) is 4.79 Å². The van der Waals surface area contributed by atoms with Crippen LogP contribution in [-0.2, 0) is 0 Å². The first-order valence-electron chi connectivity index (χ1n) is 6.65. The van der Waals surface area contributed by atoms with E-state index in [1.807, 2.05) is 6.92 Å². The summed E-state index contributed by atoms with van der Waals surface area (Å²) >= 11 is 5.60. The van der Waals surface area contributed by atoms with Crippen molar-refractivity contribution in [1.82, 2.24) is 15.6 Å². The average Bonchev–Trinajstić information content (AvgIpc) is 3.03. The first-order chi connectivity index (χ1) is 9.97. The number of halogens is 3. The van der Waals surface area contributed by atoms with Crippen LogP contribution in [0.4, 0.5) is 8.78 Å². The summed E-state index contributed by atoms with van der Waals surface area (Å²) in [6.45, 7) is 3.57. The van der Waals surface area contributed by atoms with E-state index in [4.69, 9.17) is 11.6 Å². The van der Waals surface area contributed by atoms with Gasteiger partial charge in [0, 0.05) is 18.0 Å². The maximum Gasteiger partial charge on any atom is 0.268 e. The summed E-state index contributed by atoms with van der Waals surface area (Å²) in [7, 11) is 0. The molecule has 1 saturated heterocycles. The zero-order valence-electron chi connectivity index (χ0n) is 11.3. The summed E-state index contributed by atoms with van der Waals surface area (Å²) in [5, 5.41) is 6.11. The number of rotatable bonds is 2. The Labute approximate surface area is 124 Å². The molecule has 3 rings (SSSR count). The van der Waals surface area contributed by atoms with Gasteiger partial charge in [-0.2, -0.15) is 0 Å². The van der Waals surface area contributed by atoms with Gasteiger partial charge in [0.25, 0.3) is 5.91 Å². The summed E-state index contributed by atoms with van der Waals surface area (Å²) in [6.07, 6.45) is 0. The molecule has 0 unspecified atom stereocenters. The van der Waals surface area contributed by atoms with Gasteiger partial charge in [0.1, 0.15) is 5.69 Å². The highest BCUT2D eigenvalue weighted by Crippen LogP contribution is 2.27. The van der Waals surface area contributed by atoms with E-state index in [2.05, 4.69) is 15.6 Å². The van der Waals surface area contributed by atoms with Crippen LogP contribution in [-0.4, -0.2) is 30.0 Å². The van der Waals surface area contributed by atoms with Gasteiger partial charge in [0.15, 0.2) is 11.6 Å². The van der Waals surface area contributed by atoms with Crippen molar-refractivity contribution in [3.8, 4) is 0 Å². The van der Waals surface area contributed by atoms with Crippen LogP contribution in [0.3, 0.4) is 0 Å². The molecule has 0 bridgehead atoms. The Bertz CT molecular complexity index is 716. The number of fused-ring (bicyclic) bond motifs is 1. The lowest BCUT2D eigenvalue weighted by atomic mass is 10.1. The predicted octanol–water partition coefficient (Wildman–Crippen LogP) is 2.44. The van der Waals surface area contributed by atoms with Crippen LogP contribution in [0.25, 0.3) is 10.9 Å². The van der Waals surface area contributed by atoms with Crippen LogP contribution in [0.15, 0.2) is 12.1 Å². The van der Waals surface area contributed by atoms with Gasteiger partial charge in [-0.05, 0) is 24.6 Å². The Morgan fingerprint density at radius 1 is 1.33 bits per heavy atom. The molecule has 2 aromatic rings. The molecule has 2 heterocycles. The molecule has 1 aliphatic heterocycles. The van der Waals surface area contributed by atoms with Crippen LogP contribution < -0.4 is 10.6 Å². The molecule has 1 aromatic heterocycles. The fraction of sp³-hybridized carbons (Fsp3) is 0.357. The van der Waals surface area contributed by atoms with Gasteiger partial charge in [0.05, 0.1) is 10.5 Å². The average molecular weight is 314 g/mol. The van der Waals surface area contributed by atoms with E-state index >= 15 is 0 Å². The molecule has 0 saturated carbocycles. The third-order valence-electron chi connectivity index (χ3n) is 3.83. The number of benzene rings is 1.